The first-order valence-electron chi connectivity index (χ1n) is 8.81. The van der Waals surface area contributed by atoms with E-state index < -0.39 is 4.92 Å². The maximum atomic E-state index is 10.8. The highest BCUT2D eigenvalue weighted by atomic mass is 16.6. The van der Waals surface area contributed by atoms with Gasteiger partial charge in [0.05, 0.1) is 17.2 Å². The van der Waals surface area contributed by atoms with E-state index in [0.29, 0.717) is 11.9 Å². The number of hydrogen-bond acceptors (Lipinski definition) is 7. The quantitative estimate of drug-likeness (QED) is 0.517. The molecule has 0 atom stereocenters. The summed E-state index contributed by atoms with van der Waals surface area (Å²) in [7, 11) is 0. The molecule has 27 heavy (non-hydrogen) atoms. The molecular formula is C18H19N7O2. The molecule has 0 amide bonds. The number of benzene rings is 1. The van der Waals surface area contributed by atoms with Crippen LogP contribution in [0, 0.1) is 17.0 Å². The van der Waals surface area contributed by atoms with Gasteiger partial charge in [0.1, 0.15) is 5.82 Å². The van der Waals surface area contributed by atoms with Gasteiger partial charge in [-0.15, -0.1) is 5.10 Å². The number of aryl methyl sites for hydroxylation is 1. The van der Waals surface area contributed by atoms with Crippen LogP contribution in [0.5, 0.6) is 0 Å². The van der Waals surface area contributed by atoms with E-state index in [4.69, 9.17) is 4.98 Å². The van der Waals surface area contributed by atoms with Gasteiger partial charge in [-0.1, -0.05) is 5.21 Å². The fourth-order valence-corrected chi connectivity index (χ4v) is 3.35. The molecule has 2 aromatic heterocycles. The summed E-state index contributed by atoms with van der Waals surface area (Å²) in [6.07, 6.45) is 5.55. The van der Waals surface area contributed by atoms with Crippen molar-refractivity contribution in [2.75, 3.05) is 18.0 Å². The van der Waals surface area contributed by atoms with Crippen molar-refractivity contribution in [2.45, 2.75) is 25.8 Å². The molecule has 0 N–H and O–H groups in total. The third kappa shape index (κ3) is 3.62. The molecular weight excluding hydrogens is 346 g/mol. The largest absolute Gasteiger partial charge is 0.356 e. The van der Waals surface area contributed by atoms with Gasteiger partial charge in [-0.05, 0) is 31.9 Å². The van der Waals surface area contributed by atoms with Crippen molar-refractivity contribution in [2.24, 2.45) is 0 Å². The second kappa shape index (κ2) is 7.10. The molecule has 0 aliphatic carbocycles. The number of hydrogen-bond donors (Lipinski definition) is 0. The number of anilines is 1. The maximum Gasteiger partial charge on any atom is 0.269 e. The van der Waals surface area contributed by atoms with Crippen LogP contribution in [0.2, 0.25) is 0 Å². The molecule has 0 saturated carbocycles. The van der Waals surface area contributed by atoms with E-state index in [1.165, 1.54) is 12.1 Å². The molecule has 3 heterocycles. The van der Waals surface area contributed by atoms with E-state index in [2.05, 4.69) is 20.2 Å². The van der Waals surface area contributed by atoms with E-state index in [9.17, 15) is 10.1 Å². The summed E-state index contributed by atoms with van der Waals surface area (Å²) in [6.45, 7) is 3.68. The zero-order valence-corrected chi connectivity index (χ0v) is 14.9. The minimum atomic E-state index is -0.411. The van der Waals surface area contributed by atoms with Gasteiger partial charge in [-0.3, -0.25) is 10.1 Å². The van der Waals surface area contributed by atoms with Gasteiger partial charge in [-0.2, -0.15) is 0 Å². The minimum Gasteiger partial charge on any atom is -0.356 e. The molecule has 1 aliphatic rings. The maximum absolute atomic E-state index is 10.8. The average Bonchev–Trinajstić information content (AvgIpc) is 3.22. The predicted octanol–water partition coefficient (Wildman–Crippen LogP) is 2.79. The van der Waals surface area contributed by atoms with Crippen molar-refractivity contribution in [1.29, 1.82) is 0 Å². The molecule has 9 nitrogen and oxygen atoms in total. The van der Waals surface area contributed by atoms with Crippen LogP contribution in [-0.4, -0.2) is 43.0 Å². The van der Waals surface area contributed by atoms with Crippen LogP contribution in [0.4, 0.5) is 11.5 Å². The van der Waals surface area contributed by atoms with Crippen molar-refractivity contribution in [3.8, 4) is 11.4 Å². The van der Waals surface area contributed by atoms with Crippen molar-refractivity contribution in [3.63, 3.8) is 0 Å². The Hall–Kier alpha value is -3.36. The zero-order chi connectivity index (χ0) is 18.8. The Bertz CT molecular complexity index is 933. The van der Waals surface area contributed by atoms with Gasteiger partial charge in [-0.25, -0.2) is 14.6 Å². The molecule has 1 fully saturated rings. The number of nitro benzene ring substituents is 1. The van der Waals surface area contributed by atoms with Crippen molar-refractivity contribution in [3.05, 3.63) is 58.5 Å². The highest BCUT2D eigenvalue weighted by Gasteiger charge is 2.22. The summed E-state index contributed by atoms with van der Waals surface area (Å²) < 4.78 is 1.92. The summed E-state index contributed by atoms with van der Waals surface area (Å²) >= 11 is 0. The van der Waals surface area contributed by atoms with E-state index in [1.54, 1.807) is 18.3 Å². The van der Waals surface area contributed by atoms with Crippen LogP contribution in [0.1, 0.15) is 24.6 Å². The normalized spacial score (nSPS) is 15.1. The lowest BCUT2D eigenvalue weighted by Gasteiger charge is -2.32. The lowest BCUT2D eigenvalue weighted by molar-refractivity contribution is -0.384. The first-order chi connectivity index (χ1) is 13.1. The summed E-state index contributed by atoms with van der Waals surface area (Å²) in [5.74, 6) is 1.46. The number of non-ortho nitro benzene ring substituents is 1. The molecule has 1 aromatic carbocycles. The monoisotopic (exact) mass is 365 g/mol. The number of nitrogens with zero attached hydrogens (tertiary/aromatic N) is 7. The molecule has 1 aliphatic heterocycles. The highest BCUT2D eigenvalue weighted by Crippen LogP contribution is 2.27. The second-order valence-electron chi connectivity index (χ2n) is 6.60. The minimum absolute atomic E-state index is 0.0572. The molecule has 138 valence electrons. The molecule has 4 rings (SSSR count). The van der Waals surface area contributed by atoms with E-state index in [1.807, 2.05) is 23.9 Å². The zero-order valence-electron chi connectivity index (χ0n) is 14.9. The Morgan fingerprint density at radius 2 is 1.89 bits per heavy atom. The molecule has 0 radical (unpaired) electrons. The van der Waals surface area contributed by atoms with Crippen LogP contribution >= 0.6 is 0 Å². The van der Waals surface area contributed by atoms with E-state index >= 15 is 0 Å². The molecule has 9 heteroatoms. The Labute approximate surface area is 155 Å². The number of piperidine rings is 1. The van der Waals surface area contributed by atoms with Gasteiger partial charge in [0.25, 0.3) is 5.69 Å². The van der Waals surface area contributed by atoms with Gasteiger partial charge >= 0.3 is 0 Å². The molecule has 0 bridgehead atoms. The van der Waals surface area contributed by atoms with Crippen LogP contribution in [0.3, 0.4) is 0 Å². The first kappa shape index (κ1) is 17.1. The van der Waals surface area contributed by atoms with Crippen molar-refractivity contribution >= 4 is 11.5 Å². The average molecular weight is 365 g/mol. The molecule has 0 spiro atoms. The first-order valence-corrected chi connectivity index (χ1v) is 8.81. The van der Waals surface area contributed by atoms with Crippen LogP contribution in [0.15, 0.2) is 42.7 Å². The summed E-state index contributed by atoms with van der Waals surface area (Å²) in [4.78, 5) is 21.9. The van der Waals surface area contributed by atoms with Crippen LogP contribution in [0.25, 0.3) is 11.4 Å². The third-order valence-corrected chi connectivity index (χ3v) is 4.78. The highest BCUT2D eigenvalue weighted by molar-refractivity contribution is 5.60. The van der Waals surface area contributed by atoms with Crippen LogP contribution < -0.4 is 4.90 Å². The lowest BCUT2D eigenvalue weighted by atomic mass is 10.1. The Kier molecular flexibility index (Phi) is 4.49. The Morgan fingerprint density at radius 1 is 1.15 bits per heavy atom. The fraction of sp³-hybridized carbons (Fsp3) is 0.333. The second-order valence-corrected chi connectivity index (χ2v) is 6.60. The molecule has 0 unspecified atom stereocenters. The standard InChI is InChI=1S/C18H19N7O2/c1-13-12-17(23-9-6-15(7-10-23)24-11-8-19-22-24)21-18(20-13)14-2-4-16(5-3-14)25(26)27/h2-5,8,11-12,15H,6-7,9-10H2,1H3. The van der Waals surface area contributed by atoms with Crippen LogP contribution in [-0.2, 0) is 0 Å². The lowest BCUT2D eigenvalue weighted by Crippen LogP contribution is -2.35. The van der Waals surface area contributed by atoms with E-state index in [-0.39, 0.29) is 5.69 Å². The number of aromatic nitrogens is 5. The smallest absolute Gasteiger partial charge is 0.269 e. The number of nitro groups is 1. The van der Waals surface area contributed by atoms with Gasteiger partial charge in [0.2, 0.25) is 0 Å². The van der Waals surface area contributed by atoms with Crippen molar-refractivity contribution in [1.82, 2.24) is 25.0 Å². The van der Waals surface area contributed by atoms with Gasteiger partial charge in [0, 0.05) is 48.7 Å². The summed E-state index contributed by atoms with van der Waals surface area (Å²) in [5, 5.41) is 18.8. The summed E-state index contributed by atoms with van der Waals surface area (Å²) in [6, 6.07) is 8.67. The summed E-state index contributed by atoms with van der Waals surface area (Å²) in [5.41, 5.74) is 1.69. The number of rotatable bonds is 4. The topological polar surface area (TPSA) is 103 Å². The fourth-order valence-electron chi connectivity index (χ4n) is 3.35. The SMILES string of the molecule is Cc1cc(N2CCC(n3ccnn3)CC2)nc(-c2ccc([N+](=O)[O-])cc2)n1. The predicted molar refractivity (Wildman–Crippen MR) is 99.4 cm³/mol. The Balaban J connectivity index is 1.53. The van der Waals surface area contributed by atoms with E-state index in [0.717, 1.165) is 43.0 Å². The molecule has 1 saturated heterocycles. The van der Waals surface area contributed by atoms with Gasteiger partial charge < -0.3 is 4.90 Å². The Morgan fingerprint density at radius 3 is 2.52 bits per heavy atom. The third-order valence-electron chi connectivity index (χ3n) is 4.78. The molecule has 3 aromatic rings. The van der Waals surface area contributed by atoms with Gasteiger partial charge in [0.15, 0.2) is 5.82 Å². The van der Waals surface area contributed by atoms with Crippen molar-refractivity contribution < 1.29 is 4.92 Å².